The van der Waals surface area contributed by atoms with Crippen molar-refractivity contribution in [1.29, 1.82) is 0 Å². The molecule has 0 fully saturated rings. The van der Waals surface area contributed by atoms with Crippen LogP contribution in [0.5, 0.6) is 0 Å². The summed E-state index contributed by atoms with van der Waals surface area (Å²) in [4.78, 5) is 24.6. The number of H-pyrrole nitrogens is 1. The molecule has 20 heavy (non-hydrogen) atoms. The molecule has 6 nitrogen and oxygen atoms in total. The van der Waals surface area contributed by atoms with Crippen LogP contribution in [0.25, 0.3) is 0 Å². The smallest absolute Gasteiger partial charge is 0.267 e. The summed E-state index contributed by atoms with van der Waals surface area (Å²) < 4.78 is 0.431. The number of hydrogen-bond acceptors (Lipinski definition) is 5. The minimum atomic E-state index is -0.195. The summed E-state index contributed by atoms with van der Waals surface area (Å²) in [5.41, 5.74) is 6.44. The number of nitrogens with zero attached hydrogens (tertiary/aromatic N) is 3. The molecule has 0 saturated carbocycles. The Morgan fingerprint density at radius 1 is 1.45 bits per heavy atom. The molecule has 2 aromatic heterocycles. The van der Waals surface area contributed by atoms with Crippen LogP contribution in [0.15, 0.2) is 40.1 Å². The summed E-state index contributed by atoms with van der Waals surface area (Å²) in [6.07, 6.45) is 5.76. The third kappa shape index (κ3) is 3.64. The van der Waals surface area contributed by atoms with Gasteiger partial charge in [0.25, 0.3) is 5.56 Å². The fourth-order valence-corrected chi connectivity index (χ4v) is 2.32. The van der Waals surface area contributed by atoms with Crippen molar-refractivity contribution in [2.45, 2.75) is 13.0 Å². The molecule has 0 amide bonds. The zero-order valence-electron chi connectivity index (χ0n) is 10.9. The van der Waals surface area contributed by atoms with Crippen LogP contribution in [0.4, 0.5) is 5.82 Å². The third-order valence-corrected chi connectivity index (χ3v) is 3.52. The van der Waals surface area contributed by atoms with Crippen molar-refractivity contribution >= 4 is 21.7 Å². The van der Waals surface area contributed by atoms with E-state index in [1.165, 1.54) is 6.33 Å². The van der Waals surface area contributed by atoms with Gasteiger partial charge in [-0.05, 0) is 40.5 Å². The number of rotatable bonds is 6. The number of hydrogen-bond donors (Lipinski definition) is 2. The van der Waals surface area contributed by atoms with Crippen LogP contribution < -0.4 is 16.2 Å². The average Bonchev–Trinajstić information content (AvgIpc) is 2.48. The molecule has 106 valence electrons. The second-order valence-electron chi connectivity index (χ2n) is 4.29. The normalized spacial score (nSPS) is 10.5. The molecular weight excluding hydrogens is 322 g/mol. The lowest BCUT2D eigenvalue weighted by Gasteiger charge is -2.24. The SMILES string of the molecule is NCCCN(Cc1cccnc1)c1nc[nH]c(=O)c1Br. The van der Waals surface area contributed by atoms with Crippen LogP contribution in [-0.2, 0) is 6.54 Å². The summed E-state index contributed by atoms with van der Waals surface area (Å²) in [7, 11) is 0. The minimum absolute atomic E-state index is 0.195. The quantitative estimate of drug-likeness (QED) is 0.829. The molecular formula is C13H16BrN5O. The van der Waals surface area contributed by atoms with Crippen molar-refractivity contribution in [1.82, 2.24) is 15.0 Å². The van der Waals surface area contributed by atoms with Gasteiger partial charge in [0.2, 0.25) is 0 Å². The van der Waals surface area contributed by atoms with Crippen molar-refractivity contribution < 1.29 is 0 Å². The molecule has 0 bridgehead atoms. The molecule has 0 saturated heterocycles. The lowest BCUT2D eigenvalue weighted by Crippen LogP contribution is -2.28. The summed E-state index contributed by atoms with van der Waals surface area (Å²) >= 11 is 3.29. The van der Waals surface area contributed by atoms with E-state index in [1.807, 2.05) is 17.0 Å². The van der Waals surface area contributed by atoms with Gasteiger partial charge < -0.3 is 15.6 Å². The first-order chi connectivity index (χ1) is 9.72. The molecule has 0 spiro atoms. The molecule has 0 aliphatic heterocycles. The highest BCUT2D eigenvalue weighted by atomic mass is 79.9. The van der Waals surface area contributed by atoms with Gasteiger partial charge in [-0.2, -0.15) is 0 Å². The van der Waals surface area contributed by atoms with Crippen LogP contribution in [0.1, 0.15) is 12.0 Å². The molecule has 2 rings (SSSR count). The minimum Gasteiger partial charge on any atom is -0.351 e. The molecule has 0 aliphatic rings. The number of nitrogens with two attached hydrogens (primary N) is 1. The van der Waals surface area contributed by atoms with Gasteiger partial charge in [-0.3, -0.25) is 9.78 Å². The lowest BCUT2D eigenvalue weighted by molar-refractivity contribution is 0.720. The molecule has 0 atom stereocenters. The second kappa shape index (κ2) is 7.16. The largest absolute Gasteiger partial charge is 0.351 e. The van der Waals surface area contributed by atoms with Crippen LogP contribution in [0, 0.1) is 0 Å². The van der Waals surface area contributed by atoms with Crippen LogP contribution >= 0.6 is 15.9 Å². The van der Waals surface area contributed by atoms with Gasteiger partial charge in [0.05, 0.1) is 6.33 Å². The van der Waals surface area contributed by atoms with E-state index in [-0.39, 0.29) is 5.56 Å². The Hall–Kier alpha value is -1.73. The maximum absolute atomic E-state index is 11.7. The molecule has 0 radical (unpaired) electrons. The van der Waals surface area contributed by atoms with Gasteiger partial charge in [0.1, 0.15) is 4.47 Å². The Morgan fingerprint density at radius 2 is 2.30 bits per heavy atom. The van der Waals surface area contributed by atoms with Crippen LogP contribution in [0.3, 0.4) is 0 Å². The fraction of sp³-hybridized carbons (Fsp3) is 0.308. The number of anilines is 1. The fourth-order valence-electron chi connectivity index (χ4n) is 1.85. The van der Waals surface area contributed by atoms with E-state index < -0.39 is 0 Å². The van der Waals surface area contributed by atoms with Crippen molar-refractivity contribution in [3.8, 4) is 0 Å². The van der Waals surface area contributed by atoms with Crippen molar-refractivity contribution in [3.63, 3.8) is 0 Å². The first kappa shape index (κ1) is 14.7. The highest BCUT2D eigenvalue weighted by molar-refractivity contribution is 9.10. The number of pyridine rings is 1. The van der Waals surface area contributed by atoms with Gasteiger partial charge in [0.15, 0.2) is 5.82 Å². The Morgan fingerprint density at radius 3 is 3.00 bits per heavy atom. The van der Waals surface area contributed by atoms with E-state index >= 15 is 0 Å². The second-order valence-corrected chi connectivity index (χ2v) is 5.09. The predicted octanol–water partition coefficient (Wildman–Crippen LogP) is 1.28. The maximum atomic E-state index is 11.7. The third-order valence-electron chi connectivity index (χ3n) is 2.81. The number of halogens is 1. The van der Waals surface area contributed by atoms with E-state index in [0.29, 0.717) is 23.4 Å². The molecule has 0 unspecified atom stereocenters. The summed E-state index contributed by atoms with van der Waals surface area (Å²) in [6, 6.07) is 3.88. The van der Waals surface area contributed by atoms with Gasteiger partial charge in [-0.1, -0.05) is 6.07 Å². The molecule has 2 heterocycles. The maximum Gasteiger partial charge on any atom is 0.267 e. The zero-order valence-corrected chi connectivity index (χ0v) is 12.5. The lowest BCUT2D eigenvalue weighted by atomic mass is 10.2. The molecule has 7 heteroatoms. The van der Waals surface area contributed by atoms with Crippen molar-refractivity contribution in [3.05, 3.63) is 51.2 Å². The van der Waals surface area contributed by atoms with E-state index in [9.17, 15) is 4.79 Å². The van der Waals surface area contributed by atoms with E-state index in [0.717, 1.165) is 18.5 Å². The molecule has 2 aromatic rings. The molecule has 3 N–H and O–H groups in total. The Kier molecular flexibility index (Phi) is 5.25. The summed E-state index contributed by atoms with van der Waals surface area (Å²) in [6.45, 7) is 1.94. The first-order valence-corrected chi connectivity index (χ1v) is 7.08. The van der Waals surface area contributed by atoms with Crippen molar-refractivity contribution in [2.24, 2.45) is 5.73 Å². The Bertz CT molecular complexity index is 601. The van der Waals surface area contributed by atoms with Gasteiger partial charge >= 0.3 is 0 Å². The van der Waals surface area contributed by atoms with Crippen molar-refractivity contribution in [2.75, 3.05) is 18.0 Å². The number of nitrogens with one attached hydrogen (secondary N) is 1. The summed E-state index contributed by atoms with van der Waals surface area (Å²) in [5, 5.41) is 0. The Labute approximate surface area is 125 Å². The standard InChI is InChI=1S/C13H16BrN5O/c14-11-12(17-9-18-13(11)20)19(6-2-4-15)8-10-3-1-5-16-7-10/h1,3,5,7,9H,2,4,6,8,15H2,(H,17,18,20). The van der Waals surface area contributed by atoms with Gasteiger partial charge in [-0.25, -0.2) is 4.98 Å². The Balaban J connectivity index is 2.27. The summed E-state index contributed by atoms with van der Waals surface area (Å²) in [5.74, 6) is 0.617. The topological polar surface area (TPSA) is 87.9 Å². The number of aromatic nitrogens is 3. The average molecular weight is 338 g/mol. The van der Waals surface area contributed by atoms with E-state index in [4.69, 9.17) is 5.73 Å². The van der Waals surface area contributed by atoms with E-state index in [2.05, 4.69) is 30.9 Å². The van der Waals surface area contributed by atoms with Gasteiger partial charge in [-0.15, -0.1) is 0 Å². The molecule has 0 aliphatic carbocycles. The van der Waals surface area contributed by atoms with Crippen LogP contribution in [0.2, 0.25) is 0 Å². The number of aromatic amines is 1. The predicted molar refractivity (Wildman–Crippen MR) is 81.5 cm³/mol. The van der Waals surface area contributed by atoms with Gasteiger partial charge in [0, 0.05) is 25.5 Å². The zero-order chi connectivity index (χ0) is 14.4. The molecule has 0 aromatic carbocycles. The van der Waals surface area contributed by atoms with Crippen LogP contribution in [-0.4, -0.2) is 28.0 Å². The highest BCUT2D eigenvalue weighted by Crippen LogP contribution is 2.21. The van der Waals surface area contributed by atoms with E-state index in [1.54, 1.807) is 12.4 Å². The highest BCUT2D eigenvalue weighted by Gasteiger charge is 2.14. The first-order valence-electron chi connectivity index (χ1n) is 6.29. The monoisotopic (exact) mass is 337 g/mol.